The first-order chi connectivity index (χ1) is 14.9. The molecule has 6 heteroatoms. The van der Waals surface area contributed by atoms with Crippen LogP contribution in [0, 0.1) is 0 Å². The van der Waals surface area contributed by atoms with Gasteiger partial charge in [-0.1, -0.05) is 24.3 Å². The molecule has 6 nitrogen and oxygen atoms in total. The number of hydrogen-bond acceptors (Lipinski definition) is 6. The average Bonchev–Trinajstić information content (AvgIpc) is 2.77. The summed E-state index contributed by atoms with van der Waals surface area (Å²) in [6.07, 6.45) is 0.990. The van der Waals surface area contributed by atoms with Crippen molar-refractivity contribution in [2.45, 2.75) is 31.6 Å². The first kappa shape index (κ1) is 20.7. The van der Waals surface area contributed by atoms with Gasteiger partial charge in [0, 0.05) is 29.3 Å². The summed E-state index contributed by atoms with van der Waals surface area (Å²) in [5.41, 5.74) is 4.18. The Morgan fingerprint density at radius 3 is 2.45 bits per heavy atom. The van der Waals surface area contributed by atoms with Gasteiger partial charge in [-0.3, -0.25) is 4.79 Å². The van der Waals surface area contributed by atoms with E-state index >= 15 is 0 Å². The van der Waals surface area contributed by atoms with Crippen LogP contribution in [0.5, 0.6) is 11.5 Å². The second kappa shape index (κ2) is 8.30. The van der Waals surface area contributed by atoms with E-state index in [1.165, 1.54) is 7.11 Å². The van der Waals surface area contributed by atoms with Crippen LogP contribution in [0.25, 0.3) is 0 Å². The van der Waals surface area contributed by atoms with E-state index < -0.39 is 11.9 Å². The third kappa shape index (κ3) is 3.81. The largest absolute Gasteiger partial charge is 0.508 e. The van der Waals surface area contributed by atoms with Crippen LogP contribution in [0.2, 0.25) is 0 Å². The molecule has 0 saturated carbocycles. The SMILES string of the molecule is COC(=O)C1=C(C)NC2=C(C(=O)CC(c3ccc(OC)cc3)C2)C1c1cccc(O)c1. The highest BCUT2D eigenvalue weighted by Gasteiger charge is 2.41. The van der Waals surface area contributed by atoms with E-state index in [9.17, 15) is 14.7 Å². The summed E-state index contributed by atoms with van der Waals surface area (Å²) in [7, 11) is 2.95. The fraction of sp³-hybridized carbons (Fsp3) is 0.280. The summed E-state index contributed by atoms with van der Waals surface area (Å²) >= 11 is 0. The number of carbonyl (C=O) groups is 2. The van der Waals surface area contributed by atoms with Crippen molar-refractivity contribution < 1.29 is 24.2 Å². The smallest absolute Gasteiger partial charge is 0.336 e. The van der Waals surface area contributed by atoms with Crippen LogP contribution in [0.15, 0.2) is 71.1 Å². The van der Waals surface area contributed by atoms with Crippen LogP contribution in [0.1, 0.15) is 42.7 Å². The number of benzene rings is 2. The van der Waals surface area contributed by atoms with Gasteiger partial charge >= 0.3 is 5.97 Å². The molecule has 0 amide bonds. The number of phenols is 1. The van der Waals surface area contributed by atoms with E-state index in [4.69, 9.17) is 9.47 Å². The highest BCUT2D eigenvalue weighted by molar-refractivity contribution is 6.04. The molecule has 2 aromatic carbocycles. The highest BCUT2D eigenvalue weighted by Crippen LogP contribution is 2.46. The minimum absolute atomic E-state index is 0.0168. The van der Waals surface area contributed by atoms with E-state index in [0.717, 1.165) is 17.0 Å². The van der Waals surface area contributed by atoms with Crippen molar-refractivity contribution in [3.63, 3.8) is 0 Å². The maximum Gasteiger partial charge on any atom is 0.336 e. The monoisotopic (exact) mass is 419 g/mol. The van der Waals surface area contributed by atoms with Crippen LogP contribution < -0.4 is 10.1 Å². The zero-order chi connectivity index (χ0) is 22.1. The predicted octanol–water partition coefficient (Wildman–Crippen LogP) is 3.94. The number of aromatic hydroxyl groups is 1. The lowest BCUT2D eigenvalue weighted by Gasteiger charge is -2.36. The third-order valence-electron chi connectivity index (χ3n) is 6.02. The lowest BCUT2D eigenvalue weighted by Crippen LogP contribution is -2.36. The molecule has 4 rings (SSSR count). The molecule has 2 aliphatic rings. The van der Waals surface area contributed by atoms with Crippen LogP contribution >= 0.6 is 0 Å². The first-order valence-corrected chi connectivity index (χ1v) is 10.2. The number of methoxy groups -OCH3 is 2. The van der Waals surface area contributed by atoms with Crippen LogP contribution in [0.4, 0.5) is 0 Å². The summed E-state index contributed by atoms with van der Waals surface area (Å²) in [6, 6.07) is 14.5. The van der Waals surface area contributed by atoms with E-state index in [2.05, 4.69) is 5.32 Å². The Labute approximate surface area is 181 Å². The van der Waals surface area contributed by atoms with Gasteiger partial charge < -0.3 is 19.9 Å². The maximum atomic E-state index is 13.4. The topological polar surface area (TPSA) is 84.9 Å². The van der Waals surface area contributed by atoms with Crippen molar-refractivity contribution in [2.75, 3.05) is 14.2 Å². The number of hydrogen-bond donors (Lipinski definition) is 2. The van der Waals surface area contributed by atoms with Gasteiger partial charge in [0.2, 0.25) is 0 Å². The first-order valence-electron chi connectivity index (χ1n) is 10.2. The lowest BCUT2D eigenvalue weighted by atomic mass is 9.71. The number of allylic oxidation sites excluding steroid dienone is 3. The summed E-state index contributed by atoms with van der Waals surface area (Å²) in [5.74, 6) is -0.208. The number of carbonyl (C=O) groups excluding carboxylic acids is 2. The number of nitrogens with one attached hydrogen (secondary N) is 1. The summed E-state index contributed by atoms with van der Waals surface area (Å²) in [4.78, 5) is 26.1. The standard InChI is InChI=1S/C25H25NO5/c1-14-22(25(29)31-3)23(16-5-4-6-18(27)11-16)24-20(26-14)12-17(13-21(24)28)15-7-9-19(30-2)10-8-15/h4-11,17,23,26-27H,12-13H2,1-3H3. The van der Waals surface area contributed by atoms with Crippen molar-refractivity contribution in [1.82, 2.24) is 5.32 Å². The van der Waals surface area contributed by atoms with Crippen molar-refractivity contribution in [2.24, 2.45) is 0 Å². The third-order valence-corrected chi connectivity index (χ3v) is 6.02. The molecule has 0 bridgehead atoms. The Balaban J connectivity index is 1.78. The molecule has 0 saturated heterocycles. The quantitative estimate of drug-likeness (QED) is 0.731. The van der Waals surface area contributed by atoms with Gasteiger partial charge in [0.25, 0.3) is 0 Å². The minimum atomic E-state index is -0.583. The molecule has 0 aromatic heterocycles. The van der Waals surface area contributed by atoms with E-state index in [0.29, 0.717) is 35.2 Å². The van der Waals surface area contributed by atoms with E-state index in [1.807, 2.05) is 37.3 Å². The lowest BCUT2D eigenvalue weighted by molar-refractivity contribution is -0.136. The van der Waals surface area contributed by atoms with E-state index in [-0.39, 0.29) is 17.5 Å². The van der Waals surface area contributed by atoms with Crippen molar-refractivity contribution in [3.8, 4) is 11.5 Å². The molecule has 0 fully saturated rings. The molecular weight excluding hydrogens is 394 g/mol. The fourth-order valence-corrected chi connectivity index (χ4v) is 4.57. The minimum Gasteiger partial charge on any atom is -0.508 e. The maximum absolute atomic E-state index is 13.4. The molecule has 1 heterocycles. The second-order valence-corrected chi connectivity index (χ2v) is 7.88. The Kier molecular flexibility index (Phi) is 5.55. The molecule has 2 aromatic rings. The number of ketones is 1. The molecule has 0 spiro atoms. The van der Waals surface area contributed by atoms with Gasteiger partial charge in [0.15, 0.2) is 5.78 Å². The molecule has 2 unspecified atom stereocenters. The fourth-order valence-electron chi connectivity index (χ4n) is 4.57. The second-order valence-electron chi connectivity index (χ2n) is 7.88. The Morgan fingerprint density at radius 1 is 1.06 bits per heavy atom. The van der Waals surface area contributed by atoms with Gasteiger partial charge in [-0.15, -0.1) is 0 Å². The van der Waals surface area contributed by atoms with Crippen LogP contribution in [-0.2, 0) is 14.3 Å². The number of dihydropyridines is 1. The number of rotatable bonds is 4. The average molecular weight is 419 g/mol. The van der Waals surface area contributed by atoms with Crippen LogP contribution in [-0.4, -0.2) is 31.1 Å². The zero-order valence-electron chi connectivity index (χ0n) is 17.8. The normalized spacial score (nSPS) is 20.8. The van der Waals surface area contributed by atoms with Crippen molar-refractivity contribution >= 4 is 11.8 Å². The Morgan fingerprint density at radius 2 is 1.81 bits per heavy atom. The predicted molar refractivity (Wildman–Crippen MR) is 116 cm³/mol. The highest BCUT2D eigenvalue weighted by atomic mass is 16.5. The number of Topliss-reactive ketones (excluding diaryl/α,β-unsaturated/α-hetero) is 1. The number of esters is 1. The Hall–Kier alpha value is -3.54. The van der Waals surface area contributed by atoms with E-state index in [1.54, 1.807) is 25.3 Å². The molecule has 0 radical (unpaired) electrons. The van der Waals surface area contributed by atoms with Crippen LogP contribution in [0.3, 0.4) is 0 Å². The van der Waals surface area contributed by atoms with Gasteiger partial charge in [-0.2, -0.15) is 0 Å². The molecule has 2 N–H and O–H groups in total. The molecule has 160 valence electrons. The summed E-state index contributed by atoms with van der Waals surface area (Å²) in [6.45, 7) is 1.81. The molecule has 2 atom stereocenters. The van der Waals surface area contributed by atoms with Gasteiger partial charge in [-0.05, 0) is 54.7 Å². The molecule has 31 heavy (non-hydrogen) atoms. The molecule has 1 aliphatic carbocycles. The Bertz CT molecular complexity index is 1100. The van der Waals surface area contributed by atoms with Gasteiger partial charge in [-0.25, -0.2) is 4.79 Å². The zero-order valence-corrected chi connectivity index (χ0v) is 17.8. The van der Waals surface area contributed by atoms with Crippen molar-refractivity contribution in [3.05, 3.63) is 82.2 Å². The molecular formula is C25H25NO5. The molecule has 1 aliphatic heterocycles. The summed E-state index contributed by atoms with van der Waals surface area (Å²) < 4.78 is 10.3. The number of phenolic OH excluding ortho intramolecular Hbond substituents is 1. The van der Waals surface area contributed by atoms with Gasteiger partial charge in [0.05, 0.1) is 19.8 Å². The van der Waals surface area contributed by atoms with Crippen molar-refractivity contribution in [1.29, 1.82) is 0 Å². The summed E-state index contributed by atoms with van der Waals surface area (Å²) in [5, 5.41) is 13.3. The van der Waals surface area contributed by atoms with Gasteiger partial charge in [0.1, 0.15) is 11.5 Å². The number of ether oxygens (including phenoxy) is 2.